The maximum absolute atomic E-state index is 11.9. The van der Waals surface area contributed by atoms with E-state index in [4.69, 9.17) is 27.9 Å². The highest BCUT2D eigenvalue weighted by Gasteiger charge is 2.09. The van der Waals surface area contributed by atoms with Gasteiger partial charge in [0.2, 0.25) is 11.8 Å². The van der Waals surface area contributed by atoms with E-state index in [1.54, 1.807) is 26.2 Å². The molecule has 0 heterocycles. The van der Waals surface area contributed by atoms with E-state index in [0.717, 1.165) is 11.3 Å². The number of halogens is 2. The van der Waals surface area contributed by atoms with E-state index in [1.807, 2.05) is 24.3 Å². The largest absolute Gasteiger partial charge is 0.497 e. The van der Waals surface area contributed by atoms with Crippen LogP contribution >= 0.6 is 23.2 Å². The Morgan fingerprint density at radius 3 is 2.33 bits per heavy atom. The van der Waals surface area contributed by atoms with Crippen LogP contribution in [0.1, 0.15) is 25.3 Å². The normalized spacial score (nSPS) is 11.0. The summed E-state index contributed by atoms with van der Waals surface area (Å²) < 4.78 is 5.09. The van der Waals surface area contributed by atoms with Gasteiger partial charge in [0.05, 0.1) is 23.5 Å². The number of carbonyl (C=O) groups excluding carboxylic acids is 2. The first-order chi connectivity index (χ1) is 12.9. The van der Waals surface area contributed by atoms with Crippen LogP contribution in [0.25, 0.3) is 0 Å². The predicted octanol–water partition coefficient (Wildman–Crippen LogP) is 4.26. The molecule has 0 aliphatic heterocycles. The lowest BCUT2D eigenvalue weighted by Gasteiger charge is -2.07. The predicted molar refractivity (Wildman–Crippen MR) is 108 cm³/mol. The molecule has 0 aliphatic carbocycles. The zero-order chi connectivity index (χ0) is 19.8. The highest BCUT2D eigenvalue weighted by atomic mass is 35.5. The first-order valence-corrected chi connectivity index (χ1v) is 8.87. The van der Waals surface area contributed by atoms with Gasteiger partial charge in [-0.05, 0) is 55.0 Å². The summed E-state index contributed by atoms with van der Waals surface area (Å²) >= 11 is 11.8. The van der Waals surface area contributed by atoms with Gasteiger partial charge in [0.15, 0.2) is 0 Å². The molecule has 0 saturated heterocycles. The monoisotopic (exact) mass is 407 g/mol. The molecule has 0 atom stereocenters. The van der Waals surface area contributed by atoms with Gasteiger partial charge in [-0.1, -0.05) is 23.2 Å². The number of nitrogens with one attached hydrogen (secondary N) is 2. The number of anilines is 1. The molecule has 0 unspecified atom stereocenters. The van der Waals surface area contributed by atoms with Gasteiger partial charge in [-0.25, -0.2) is 5.43 Å². The number of amides is 2. The number of ether oxygens (including phenoxy) is 1. The zero-order valence-corrected chi connectivity index (χ0v) is 16.4. The standard InChI is InChI=1S/C19H19Cl2N3O3/c1-12(13-3-6-15(27-2)7-4-13)23-24-19(26)10-9-18(25)22-17-8-5-14(20)11-16(17)21/h3-8,11H,9-10H2,1-2H3,(H,22,25)(H,24,26). The Bertz CT molecular complexity index is 852. The number of hydrogen-bond acceptors (Lipinski definition) is 4. The van der Waals surface area contributed by atoms with Gasteiger partial charge in [-0.2, -0.15) is 5.10 Å². The Balaban J connectivity index is 1.81. The third-order valence-electron chi connectivity index (χ3n) is 3.64. The van der Waals surface area contributed by atoms with Gasteiger partial charge in [-0.15, -0.1) is 0 Å². The molecule has 2 amide bonds. The fourth-order valence-electron chi connectivity index (χ4n) is 2.13. The van der Waals surface area contributed by atoms with Crippen LogP contribution < -0.4 is 15.5 Å². The first kappa shape index (κ1) is 20.7. The number of rotatable bonds is 7. The summed E-state index contributed by atoms with van der Waals surface area (Å²) in [5.74, 6) is 0.0489. The molecule has 0 bridgehead atoms. The second kappa shape index (κ2) is 9.94. The molecule has 0 radical (unpaired) electrons. The maximum atomic E-state index is 11.9. The lowest BCUT2D eigenvalue weighted by atomic mass is 10.1. The van der Waals surface area contributed by atoms with Crippen LogP contribution in [-0.4, -0.2) is 24.6 Å². The van der Waals surface area contributed by atoms with E-state index >= 15 is 0 Å². The Morgan fingerprint density at radius 2 is 1.70 bits per heavy atom. The van der Waals surface area contributed by atoms with Crippen LogP contribution in [0.2, 0.25) is 10.0 Å². The van der Waals surface area contributed by atoms with Crippen LogP contribution in [-0.2, 0) is 9.59 Å². The van der Waals surface area contributed by atoms with Crippen molar-refractivity contribution in [3.8, 4) is 5.75 Å². The first-order valence-electron chi connectivity index (χ1n) is 8.11. The Kier molecular flexibility index (Phi) is 7.64. The summed E-state index contributed by atoms with van der Waals surface area (Å²) in [4.78, 5) is 23.8. The quantitative estimate of drug-likeness (QED) is 0.531. The minimum Gasteiger partial charge on any atom is -0.497 e. The van der Waals surface area contributed by atoms with Crippen molar-refractivity contribution >= 4 is 46.4 Å². The number of carbonyl (C=O) groups is 2. The number of hydrazone groups is 1. The van der Waals surface area contributed by atoms with Crippen molar-refractivity contribution in [3.05, 3.63) is 58.1 Å². The van der Waals surface area contributed by atoms with Crippen molar-refractivity contribution in [1.82, 2.24) is 5.43 Å². The highest BCUT2D eigenvalue weighted by Crippen LogP contribution is 2.25. The highest BCUT2D eigenvalue weighted by molar-refractivity contribution is 6.36. The van der Waals surface area contributed by atoms with Crippen molar-refractivity contribution in [2.75, 3.05) is 12.4 Å². The second-order valence-electron chi connectivity index (χ2n) is 5.63. The molecule has 2 aromatic rings. The number of nitrogens with zero attached hydrogens (tertiary/aromatic N) is 1. The van der Waals surface area contributed by atoms with Gasteiger partial charge in [-0.3, -0.25) is 9.59 Å². The van der Waals surface area contributed by atoms with E-state index in [2.05, 4.69) is 15.8 Å². The molecule has 2 N–H and O–H groups in total. The van der Waals surface area contributed by atoms with Gasteiger partial charge < -0.3 is 10.1 Å². The van der Waals surface area contributed by atoms with Crippen molar-refractivity contribution in [3.63, 3.8) is 0 Å². The average molecular weight is 408 g/mol. The summed E-state index contributed by atoms with van der Waals surface area (Å²) in [6.07, 6.45) is -0.00166. The molecule has 0 aliphatic rings. The molecule has 6 nitrogen and oxygen atoms in total. The van der Waals surface area contributed by atoms with Crippen LogP contribution in [0, 0.1) is 0 Å². The summed E-state index contributed by atoms with van der Waals surface area (Å²) in [6, 6.07) is 12.0. The molecule has 0 fully saturated rings. The van der Waals surface area contributed by atoms with Crippen LogP contribution in [0.3, 0.4) is 0 Å². The SMILES string of the molecule is COc1ccc(C(C)=NNC(=O)CCC(=O)Nc2ccc(Cl)cc2Cl)cc1. The molecule has 8 heteroatoms. The smallest absolute Gasteiger partial charge is 0.240 e. The molecular weight excluding hydrogens is 389 g/mol. The average Bonchev–Trinajstić information content (AvgIpc) is 2.66. The Morgan fingerprint density at radius 1 is 1.04 bits per heavy atom. The second-order valence-corrected chi connectivity index (χ2v) is 6.48. The number of benzene rings is 2. The third kappa shape index (κ3) is 6.58. The summed E-state index contributed by atoms with van der Waals surface area (Å²) in [7, 11) is 1.59. The van der Waals surface area contributed by atoms with E-state index in [1.165, 1.54) is 6.07 Å². The molecule has 2 aromatic carbocycles. The van der Waals surface area contributed by atoms with Crippen molar-refractivity contribution in [2.24, 2.45) is 5.10 Å². The van der Waals surface area contributed by atoms with Gasteiger partial charge in [0.25, 0.3) is 0 Å². The van der Waals surface area contributed by atoms with Crippen LogP contribution in [0.5, 0.6) is 5.75 Å². The minimum atomic E-state index is -0.361. The molecule has 0 aromatic heterocycles. The minimum absolute atomic E-state index is 0.00188. The fraction of sp³-hybridized carbons (Fsp3) is 0.211. The van der Waals surface area contributed by atoms with E-state index in [9.17, 15) is 9.59 Å². The lowest BCUT2D eigenvalue weighted by molar-refractivity contribution is -0.124. The number of hydrogen-bond donors (Lipinski definition) is 2. The van der Waals surface area contributed by atoms with Crippen molar-refractivity contribution in [2.45, 2.75) is 19.8 Å². The van der Waals surface area contributed by atoms with E-state index in [0.29, 0.717) is 21.4 Å². The molecular formula is C19H19Cl2N3O3. The van der Waals surface area contributed by atoms with Gasteiger partial charge in [0, 0.05) is 17.9 Å². The summed E-state index contributed by atoms with van der Waals surface area (Å²) in [5.41, 5.74) is 4.38. The molecule has 2 rings (SSSR count). The fourth-order valence-corrected chi connectivity index (χ4v) is 2.59. The number of methoxy groups -OCH3 is 1. The Hall–Kier alpha value is -2.57. The lowest BCUT2D eigenvalue weighted by Crippen LogP contribution is -2.21. The summed E-state index contributed by atoms with van der Waals surface area (Å²) in [5, 5.41) is 7.49. The molecule has 0 saturated carbocycles. The van der Waals surface area contributed by atoms with Crippen molar-refractivity contribution < 1.29 is 14.3 Å². The molecule has 142 valence electrons. The third-order valence-corrected chi connectivity index (χ3v) is 4.19. The molecule has 27 heavy (non-hydrogen) atoms. The van der Waals surface area contributed by atoms with E-state index in [-0.39, 0.29) is 24.7 Å². The van der Waals surface area contributed by atoms with Gasteiger partial charge >= 0.3 is 0 Å². The zero-order valence-electron chi connectivity index (χ0n) is 14.9. The van der Waals surface area contributed by atoms with Crippen LogP contribution in [0.15, 0.2) is 47.6 Å². The summed E-state index contributed by atoms with van der Waals surface area (Å²) in [6.45, 7) is 1.78. The Labute approximate surface area is 167 Å². The van der Waals surface area contributed by atoms with Crippen LogP contribution in [0.4, 0.5) is 5.69 Å². The maximum Gasteiger partial charge on any atom is 0.240 e. The molecule has 0 spiro atoms. The van der Waals surface area contributed by atoms with Gasteiger partial charge in [0.1, 0.15) is 5.75 Å². The van der Waals surface area contributed by atoms with Crippen molar-refractivity contribution in [1.29, 1.82) is 0 Å². The topological polar surface area (TPSA) is 79.8 Å². The van der Waals surface area contributed by atoms with E-state index < -0.39 is 0 Å².